The number of aryl methyl sites for hydroxylation is 2. The standard InChI is InChI=1S/C25H29FO3S2/c1-4-5-6-18(25-17(3)21-9-7-19(26)14-23(21)31-25)11-12-30-20-8-10-22(16(2)13-20)29-15-24(27)28/h7-10,13-14,18H,4-6,11-12,15H2,1-3H3,(H,27,28). The molecular weight excluding hydrogens is 431 g/mol. The van der Waals surface area contributed by atoms with Gasteiger partial charge in [0.2, 0.25) is 0 Å². The second-order valence-corrected chi connectivity index (χ2v) is 10.1. The molecule has 1 aromatic heterocycles. The van der Waals surface area contributed by atoms with Crippen LogP contribution in [-0.2, 0) is 4.79 Å². The lowest BCUT2D eigenvalue weighted by molar-refractivity contribution is -0.139. The zero-order chi connectivity index (χ0) is 22.4. The molecule has 0 aliphatic heterocycles. The molecule has 0 saturated carbocycles. The molecule has 1 N–H and O–H groups in total. The molecule has 3 nitrogen and oxygen atoms in total. The lowest BCUT2D eigenvalue weighted by Crippen LogP contribution is -2.10. The van der Waals surface area contributed by atoms with E-state index in [-0.39, 0.29) is 12.4 Å². The summed E-state index contributed by atoms with van der Waals surface area (Å²) in [6.45, 7) is 5.99. The van der Waals surface area contributed by atoms with Gasteiger partial charge in [0, 0.05) is 14.5 Å². The first-order valence-electron chi connectivity index (χ1n) is 10.7. The van der Waals surface area contributed by atoms with Gasteiger partial charge in [-0.25, -0.2) is 9.18 Å². The van der Waals surface area contributed by atoms with Gasteiger partial charge in [-0.1, -0.05) is 25.8 Å². The molecule has 0 amide bonds. The molecule has 3 aromatic rings. The van der Waals surface area contributed by atoms with Crippen LogP contribution in [0.25, 0.3) is 10.1 Å². The molecule has 1 atom stereocenters. The number of thioether (sulfide) groups is 1. The van der Waals surface area contributed by atoms with Crippen molar-refractivity contribution in [3.05, 3.63) is 58.2 Å². The number of hydrogen-bond acceptors (Lipinski definition) is 4. The highest BCUT2D eigenvalue weighted by Crippen LogP contribution is 2.40. The molecule has 0 saturated heterocycles. The Hall–Kier alpha value is -2.05. The van der Waals surface area contributed by atoms with Crippen LogP contribution in [0.3, 0.4) is 0 Å². The van der Waals surface area contributed by atoms with Crippen molar-refractivity contribution in [2.75, 3.05) is 12.4 Å². The minimum Gasteiger partial charge on any atom is -0.482 e. The first-order valence-corrected chi connectivity index (χ1v) is 12.5. The second kappa shape index (κ2) is 11.0. The van der Waals surface area contributed by atoms with Crippen molar-refractivity contribution in [3.63, 3.8) is 0 Å². The first-order chi connectivity index (χ1) is 14.9. The minimum absolute atomic E-state index is 0.174. The van der Waals surface area contributed by atoms with Crippen molar-refractivity contribution in [2.45, 2.75) is 57.3 Å². The number of rotatable bonds is 11. The summed E-state index contributed by atoms with van der Waals surface area (Å²) in [5, 5.41) is 9.95. The molecule has 2 aromatic carbocycles. The predicted molar refractivity (Wildman–Crippen MR) is 128 cm³/mol. The highest BCUT2D eigenvalue weighted by atomic mass is 32.2. The highest BCUT2D eigenvalue weighted by molar-refractivity contribution is 7.99. The maximum absolute atomic E-state index is 13.7. The Kier molecular flexibility index (Phi) is 8.38. The summed E-state index contributed by atoms with van der Waals surface area (Å²) in [4.78, 5) is 13.2. The fourth-order valence-electron chi connectivity index (χ4n) is 3.80. The van der Waals surface area contributed by atoms with Crippen LogP contribution in [-0.4, -0.2) is 23.4 Å². The third-order valence-corrected chi connectivity index (χ3v) is 7.89. The van der Waals surface area contributed by atoms with Crippen LogP contribution in [0.2, 0.25) is 0 Å². The number of benzene rings is 2. The number of ether oxygens (including phenoxy) is 1. The van der Waals surface area contributed by atoms with Crippen molar-refractivity contribution in [3.8, 4) is 5.75 Å². The van der Waals surface area contributed by atoms with Crippen LogP contribution in [0.5, 0.6) is 5.75 Å². The van der Waals surface area contributed by atoms with E-state index < -0.39 is 5.97 Å². The highest BCUT2D eigenvalue weighted by Gasteiger charge is 2.19. The lowest BCUT2D eigenvalue weighted by Gasteiger charge is -2.17. The molecule has 1 heterocycles. The van der Waals surface area contributed by atoms with Gasteiger partial charge in [-0.05, 0) is 85.2 Å². The Labute approximate surface area is 191 Å². The number of thiophene rings is 1. The molecule has 0 spiro atoms. The smallest absolute Gasteiger partial charge is 0.341 e. The van der Waals surface area contributed by atoms with E-state index in [2.05, 4.69) is 19.9 Å². The molecular formula is C25H29FO3S2. The number of unbranched alkanes of at least 4 members (excludes halogenated alkanes) is 1. The Morgan fingerprint density at radius 2 is 2.00 bits per heavy atom. The Bertz CT molecular complexity index is 1040. The molecule has 0 aliphatic carbocycles. The third kappa shape index (κ3) is 6.23. The quantitative estimate of drug-likeness (QED) is 0.300. The van der Waals surface area contributed by atoms with E-state index in [0.717, 1.165) is 33.8 Å². The van der Waals surface area contributed by atoms with Crippen LogP contribution in [0.1, 0.15) is 54.5 Å². The van der Waals surface area contributed by atoms with Gasteiger partial charge in [0.05, 0.1) is 0 Å². The molecule has 6 heteroatoms. The van der Waals surface area contributed by atoms with Gasteiger partial charge in [-0.2, -0.15) is 0 Å². The van der Waals surface area contributed by atoms with Crippen molar-refractivity contribution in [2.24, 2.45) is 0 Å². The van der Waals surface area contributed by atoms with Crippen molar-refractivity contribution in [1.29, 1.82) is 0 Å². The normalized spacial score (nSPS) is 12.3. The number of carboxylic acids is 1. The van der Waals surface area contributed by atoms with E-state index in [1.165, 1.54) is 28.7 Å². The van der Waals surface area contributed by atoms with Gasteiger partial charge in [0.1, 0.15) is 11.6 Å². The van der Waals surface area contributed by atoms with Crippen LogP contribution in [0.4, 0.5) is 4.39 Å². The van der Waals surface area contributed by atoms with Crippen LogP contribution in [0, 0.1) is 19.7 Å². The van der Waals surface area contributed by atoms with E-state index >= 15 is 0 Å². The zero-order valence-electron chi connectivity index (χ0n) is 18.2. The summed E-state index contributed by atoms with van der Waals surface area (Å²) in [6, 6.07) is 11.0. The van der Waals surface area contributed by atoms with E-state index in [4.69, 9.17) is 9.84 Å². The van der Waals surface area contributed by atoms with E-state index in [9.17, 15) is 9.18 Å². The Morgan fingerprint density at radius 3 is 2.71 bits per heavy atom. The molecule has 0 aliphatic rings. The average molecular weight is 461 g/mol. The molecule has 31 heavy (non-hydrogen) atoms. The van der Waals surface area contributed by atoms with Crippen LogP contribution in [0.15, 0.2) is 41.3 Å². The van der Waals surface area contributed by atoms with Gasteiger partial charge in [-0.3, -0.25) is 0 Å². The average Bonchev–Trinajstić information content (AvgIpc) is 3.05. The van der Waals surface area contributed by atoms with Crippen molar-refractivity contribution in [1.82, 2.24) is 0 Å². The number of hydrogen-bond donors (Lipinski definition) is 1. The SMILES string of the molecule is CCCCC(CCSc1ccc(OCC(=O)O)c(C)c1)c1sc2cc(F)ccc2c1C. The lowest BCUT2D eigenvalue weighted by atomic mass is 9.94. The Morgan fingerprint density at radius 1 is 1.19 bits per heavy atom. The summed E-state index contributed by atoms with van der Waals surface area (Å²) in [6.07, 6.45) is 4.57. The van der Waals surface area contributed by atoms with Gasteiger partial charge >= 0.3 is 5.97 Å². The molecule has 0 bridgehead atoms. The molecule has 166 valence electrons. The summed E-state index contributed by atoms with van der Waals surface area (Å²) in [5.74, 6) is 0.931. The fraction of sp³-hybridized carbons (Fsp3) is 0.400. The summed E-state index contributed by atoms with van der Waals surface area (Å²) in [7, 11) is 0. The summed E-state index contributed by atoms with van der Waals surface area (Å²) in [5.41, 5.74) is 2.23. The number of carbonyl (C=O) groups is 1. The van der Waals surface area contributed by atoms with Crippen LogP contribution >= 0.6 is 23.1 Å². The number of aliphatic carboxylic acids is 1. The van der Waals surface area contributed by atoms with Crippen molar-refractivity contribution < 1.29 is 19.0 Å². The first kappa shape index (κ1) is 23.6. The summed E-state index contributed by atoms with van der Waals surface area (Å²) >= 11 is 3.55. The largest absolute Gasteiger partial charge is 0.482 e. The number of carboxylic acid groups (broad SMARTS) is 1. The minimum atomic E-state index is -0.977. The zero-order valence-corrected chi connectivity index (χ0v) is 19.9. The van der Waals surface area contributed by atoms with Gasteiger partial charge in [-0.15, -0.1) is 23.1 Å². The second-order valence-electron chi connectivity index (χ2n) is 7.82. The molecule has 0 fully saturated rings. The number of fused-ring (bicyclic) bond motifs is 1. The summed E-state index contributed by atoms with van der Waals surface area (Å²) < 4.78 is 20.0. The monoisotopic (exact) mass is 460 g/mol. The van der Waals surface area contributed by atoms with E-state index in [1.807, 2.05) is 36.9 Å². The van der Waals surface area contributed by atoms with Crippen molar-refractivity contribution >= 4 is 39.2 Å². The number of halogens is 1. The molecule has 1 unspecified atom stereocenters. The van der Waals surface area contributed by atoms with E-state index in [0.29, 0.717) is 11.7 Å². The Balaban J connectivity index is 1.68. The molecule has 0 radical (unpaired) electrons. The van der Waals surface area contributed by atoms with Gasteiger partial charge < -0.3 is 9.84 Å². The third-order valence-electron chi connectivity index (χ3n) is 5.45. The topological polar surface area (TPSA) is 46.5 Å². The maximum Gasteiger partial charge on any atom is 0.341 e. The fourth-order valence-corrected chi connectivity index (χ4v) is 6.26. The van der Waals surface area contributed by atoms with Gasteiger partial charge in [0.15, 0.2) is 6.61 Å². The molecule has 3 rings (SSSR count). The maximum atomic E-state index is 13.7. The van der Waals surface area contributed by atoms with Gasteiger partial charge in [0.25, 0.3) is 0 Å². The van der Waals surface area contributed by atoms with E-state index in [1.54, 1.807) is 23.5 Å². The van der Waals surface area contributed by atoms with Crippen LogP contribution < -0.4 is 4.74 Å². The predicted octanol–water partition coefficient (Wildman–Crippen LogP) is 7.58.